The number of anilines is 1. The van der Waals surface area contributed by atoms with Crippen molar-refractivity contribution < 1.29 is 0 Å². The molecule has 1 heterocycles. The summed E-state index contributed by atoms with van der Waals surface area (Å²) in [4.78, 5) is 2.34. The van der Waals surface area contributed by atoms with E-state index in [4.69, 9.17) is 0 Å². The van der Waals surface area contributed by atoms with E-state index in [-0.39, 0.29) is 0 Å². The highest BCUT2D eigenvalue weighted by molar-refractivity contribution is 5.56. The van der Waals surface area contributed by atoms with E-state index in [9.17, 15) is 0 Å². The molecule has 64 valence electrons. The van der Waals surface area contributed by atoms with Gasteiger partial charge >= 0.3 is 0 Å². The Bertz CT molecular complexity index is 251. The van der Waals surface area contributed by atoms with Crippen molar-refractivity contribution in [2.75, 3.05) is 18.5 Å². The van der Waals surface area contributed by atoms with Crippen LogP contribution in [0.5, 0.6) is 0 Å². The molecule has 2 rings (SSSR count). The lowest BCUT2D eigenvalue weighted by atomic mass is 9.92. The zero-order valence-electron chi connectivity index (χ0n) is 7.75. The largest absolute Gasteiger partial charge is 0.374 e. The Morgan fingerprint density at radius 2 is 2.08 bits per heavy atom. The molecule has 0 radical (unpaired) electrons. The zero-order valence-corrected chi connectivity index (χ0v) is 7.75. The van der Waals surface area contributed by atoms with Gasteiger partial charge in [-0.3, -0.25) is 0 Å². The number of fused-ring (bicyclic) bond motifs is 1. The van der Waals surface area contributed by atoms with E-state index in [1.165, 1.54) is 24.2 Å². The first kappa shape index (κ1) is 7.66. The van der Waals surface area contributed by atoms with E-state index in [0.29, 0.717) is 0 Å². The van der Waals surface area contributed by atoms with E-state index in [1.807, 2.05) is 0 Å². The first-order valence-electron chi connectivity index (χ1n) is 4.59. The average Bonchev–Trinajstić information content (AvgIpc) is 2.12. The molecule has 1 aromatic rings. The average molecular weight is 161 g/mol. The maximum atomic E-state index is 2.34. The van der Waals surface area contributed by atoms with Gasteiger partial charge in [-0.1, -0.05) is 25.1 Å². The fraction of sp³-hybridized carbons (Fsp3) is 0.455. The lowest BCUT2D eigenvalue weighted by Crippen LogP contribution is -2.26. The van der Waals surface area contributed by atoms with Crippen molar-refractivity contribution in [2.24, 2.45) is 0 Å². The van der Waals surface area contributed by atoms with E-state index < -0.39 is 0 Å². The number of hydrogen-bond acceptors (Lipinski definition) is 1. The van der Waals surface area contributed by atoms with E-state index >= 15 is 0 Å². The summed E-state index contributed by atoms with van der Waals surface area (Å²) in [6, 6.07) is 8.71. The lowest BCUT2D eigenvalue weighted by molar-refractivity contribution is 0.637. The summed E-state index contributed by atoms with van der Waals surface area (Å²) in [7, 11) is 2.17. The summed E-state index contributed by atoms with van der Waals surface area (Å²) < 4.78 is 0. The molecule has 0 saturated heterocycles. The highest BCUT2D eigenvalue weighted by Crippen LogP contribution is 2.33. The van der Waals surface area contributed by atoms with Gasteiger partial charge in [-0.05, 0) is 24.0 Å². The third kappa shape index (κ3) is 1.09. The van der Waals surface area contributed by atoms with Crippen LogP contribution in [0.2, 0.25) is 0 Å². The van der Waals surface area contributed by atoms with Crippen LogP contribution in [0, 0.1) is 0 Å². The SMILES string of the molecule is C[C@H]1CCN(C)c2ccccc21. The molecule has 0 unspecified atom stereocenters. The standard InChI is InChI=1S/C11H15N/c1-9-7-8-12(2)11-6-4-3-5-10(9)11/h3-6,9H,7-8H2,1-2H3/t9-/m0/s1. The molecule has 0 saturated carbocycles. The van der Waals surface area contributed by atoms with Crippen LogP contribution in [0.4, 0.5) is 5.69 Å². The van der Waals surface area contributed by atoms with Gasteiger partial charge in [0.05, 0.1) is 0 Å². The van der Waals surface area contributed by atoms with Gasteiger partial charge in [0, 0.05) is 19.3 Å². The molecule has 0 bridgehead atoms. The summed E-state index contributed by atoms with van der Waals surface area (Å²) >= 11 is 0. The summed E-state index contributed by atoms with van der Waals surface area (Å²) in [5, 5.41) is 0. The molecule has 0 spiro atoms. The highest BCUT2D eigenvalue weighted by Gasteiger charge is 2.18. The summed E-state index contributed by atoms with van der Waals surface area (Å²) in [5.41, 5.74) is 2.92. The third-order valence-electron chi connectivity index (χ3n) is 2.78. The Morgan fingerprint density at radius 3 is 2.83 bits per heavy atom. The van der Waals surface area contributed by atoms with Crippen molar-refractivity contribution in [3.05, 3.63) is 29.8 Å². The summed E-state index contributed by atoms with van der Waals surface area (Å²) in [6.45, 7) is 3.50. The monoisotopic (exact) mass is 161 g/mol. The number of nitrogens with zero attached hydrogens (tertiary/aromatic N) is 1. The quantitative estimate of drug-likeness (QED) is 0.565. The fourth-order valence-electron chi connectivity index (χ4n) is 1.92. The zero-order chi connectivity index (χ0) is 8.55. The van der Waals surface area contributed by atoms with Gasteiger partial charge in [0.2, 0.25) is 0 Å². The molecule has 1 aromatic carbocycles. The first-order chi connectivity index (χ1) is 5.79. The number of rotatable bonds is 0. The second kappa shape index (κ2) is 2.81. The van der Waals surface area contributed by atoms with Crippen LogP contribution in [0.25, 0.3) is 0 Å². The van der Waals surface area contributed by atoms with Crippen LogP contribution in [0.3, 0.4) is 0 Å². The van der Waals surface area contributed by atoms with Crippen molar-refractivity contribution in [3.8, 4) is 0 Å². The minimum absolute atomic E-state index is 0.734. The molecule has 0 aliphatic carbocycles. The molecule has 1 atom stereocenters. The molecule has 1 aliphatic heterocycles. The Hall–Kier alpha value is -0.980. The predicted molar refractivity (Wildman–Crippen MR) is 52.7 cm³/mol. The van der Waals surface area contributed by atoms with Crippen molar-refractivity contribution in [2.45, 2.75) is 19.3 Å². The highest BCUT2D eigenvalue weighted by atomic mass is 15.1. The molecular formula is C11H15N. The van der Waals surface area contributed by atoms with Crippen molar-refractivity contribution in [1.82, 2.24) is 0 Å². The summed E-state index contributed by atoms with van der Waals surface area (Å²) in [5.74, 6) is 0.734. The molecule has 0 aromatic heterocycles. The van der Waals surface area contributed by atoms with Crippen LogP contribution in [0.1, 0.15) is 24.8 Å². The third-order valence-corrected chi connectivity index (χ3v) is 2.78. The normalized spacial score (nSPS) is 22.2. The predicted octanol–water partition coefficient (Wildman–Crippen LogP) is 2.63. The molecular weight excluding hydrogens is 146 g/mol. The van der Waals surface area contributed by atoms with Gasteiger partial charge in [-0.25, -0.2) is 0 Å². The van der Waals surface area contributed by atoms with E-state index in [2.05, 4.69) is 43.1 Å². The molecule has 0 amide bonds. The number of benzene rings is 1. The van der Waals surface area contributed by atoms with Crippen molar-refractivity contribution >= 4 is 5.69 Å². The van der Waals surface area contributed by atoms with Gasteiger partial charge in [0.25, 0.3) is 0 Å². The van der Waals surface area contributed by atoms with Gasteiger partial charge in [-0.15, -0.1) is 0 Å². The maximum absolute atomic E-state index is 2.34. The molecule has 1 aliphatic rings. The maximum Gasteiger partial charge on any atom is 0.0398 e. The Labute approximate surface area is 74.0 Å². The van der Waals surface area contributed by atoms with Gasteiger partial charge in [-0.2, -0.15) is 0 Å². The van der Waals surface area contributed by atoms with Crippen LogP contribution in [-0.2, 0) is 0 Å². The molecule has 1 nitrogen and oxygen atoms in total. The minimum atomic E-state index is 0.734. The number of hydrogen-bond donors (Lipinski definition) is 0. The van der Waals surface area contributed by atoms with Crippen LogP contribution in [-0.4, -0.2) is 13.6 Å². The van der Waals surface area contributed by atoms with E-state index in [1.54, 1.807) is 0 Å². The smallest absolute Gasteiger partial charge is 0.0398 e. The Kier molecular flexibility index (Phi) is 1.80. The van der Waals surface area contributed by atoms with Crippen LogP contribution in [0.15, 0.2) is 24.3 Å². The minimum Gasteiger partial charge on any atom is -0.374 e. The van der Waals surface area contributed by atoms with Crippen molar-refractivity contribution in [3.63, 3.8) is 0 Å². The second-order valence-corrected chi connectivity index (χ2v) is 3.67. The van der Waals surface area contributed by atoms with E-state index in [0.717, 1.165) is 5.92 Å². The molecule has 0 fully saturated rings. The Balaban J connectivity index is 2.47. The first-order valence-corrected chi connectivity index (χ1v) is 4.59. The lowest BCUT2D eigenvalue weighted by Gasteiger charge is -2.31. The molecule has 12 heavy (non-hydrogen) atoms. The fourth-order valence-corrected chi connectivity index (χ4v) is 1.92. The number of para-hydroxylation sites is 1. The molecule has 1 heteroatoms. The molecule has 0 N–H and O–H groups in total. The van der Waals surface area contributed by atoms with Crippen LogP contribution >= 0.6 is 0 Å². The topological polar surface area (TPSA) is 3.24 Å². The second-order valence-electron chi connectivity index (χ2n) is 3.67. The Morgan fingerprint density at radius 1 is 1.33 bits per heavy atom. The van der Waals surface area contributed by atoms with Gasteiger partial charge in [0.15, 0.2) is 0 Å². The van der Waals surface area contributed by atoms with Crippen molar-refractivity contribution in [1.29, 1.82) is 0 Å². The summed E-state index contributed by atoms with van der Waals surface area (Å²) in [6.07, 6.45) is 1.29. The van der Waals surface area contributed by atoms with Gasteiger partial charge < -0.3 is 4.90 Å². The van der Waals surface area contributed by atoms with Gasteiger partial charge in [0.1, 0.15) is 0 Å². The van der Waals surface area contributed by atoms with Crippen LogP contribution < -0.4 is 4.90 Å².